The number of aliphatic hydroxyl groups is 2. The summed E-state index contributed by atoms with van der Waals surface area (Å²) in [7, 11) is 0. The van der Waals surface area contributed by atoms with Gasteiger partial charge in [-0.1, -0.05) is 19.3 Å². The molecule has 1 fully saturated rings. The minimum atomic E-state index is -0.753. The van der Waals surface area contributed by atoms with E-state index in [9.17, 15) is 15.0 Å². The van der Waals surface area contributed by atoms with Crippen molar-refractivity contribution in [3.8, 4) is 0 Å². The van der Waals surface area contributed by atoms with Gasteiger partial charge in [-0.15, -0.1) is 0 Å². The zero-order valence-electron chi connectivity index (χ0n) is 11.2. The van der Waals surface area contributed by atoms with E-state index < -0.39 is 11.7 Å². The first kappa shape index (κ1) is 15.4. The first-order valence-corrected chi connectivity index (χ1v) is 6.82. The monoisotopic (exact) mass is 259 g/mol. The van der Waals surface area contributed by atoms with E-state index in [4.69, 9.17) is 4.74 Å². The average molecular weight is 259 g/mol. The topological polar surface area (TPSA) is 78.8 Å². The van der Waals surface area contributed by atoms with Gasteiger partial charge in [0.25, 0.3) is 0 Å². The van der Waals surface area contributed by atoms with Crippen LogP contribution in [0.25, 0.3) is 0 Å². The molecule has 18 heavy (non-hydrogen) atoms. The van der Waals surface area contributed by atoms with Crippen molar-refractivity contribution in [2.24, 2.45) is 0 Å². The Kier molecular flexibility index (Phi) is 6.60. The van der Waals surface area contributed by atoms with Gasteiger partial charge in [0.1, 0.15) is 0 Å². The van der Waals surface area contributed by atoms with E-state index >= 15 is 0 Å². The zero-order valence-corrected chi connectivity index (χ0v) is 11.2. The Balaban J connectivity index is 2.14. The molecule has 5 nitrogen and oxygen atoms in total. The van der Waals surface area contributed by atoms with E-state index in [0.29, 0.717) is 19.7 Å². The van der Waals surface area contributed by atoms with Crippen LogP contribution >= 0.6 is 0 Å². The second-order valence-electron chi connectivity index (χ2n) is 5.08. The second kappa shape index (κ2) is 7.71. The molecule has 0 heterocycles. The number of esters is 1. The summed E-state index contributed by atoms with van der Waals surface area (Å²) in [5.41, 5.74) is -0.637. The van der Waals surface area contributed by atoms with Gasteiger partial charge < -0.3 is 20.3 Å². The first-order chi connectivity index (χ1) is 8.56. The lowest BCUT2D eigenvalue weighted by molar-refractivity contribution is -0.145. The summed E-state index contributed by atoms with van der Waals surface area (Å²) in [4.78, 5) is 11.1. The molecule has 1 atom stereocenters. The minimum absolute atomic E-state index is 0.000726. The third-order valence-corrected chi connectivity index (χ3v) is 3.33. The molecule has 0 aromatic carbocycles. The lowest BCUT2D eigenvalue weighted by Crippen LogP contribution is -2.44. The van der Waals surface area contributed by atoms with Crippen molar-refractivity contribution in [2.75, 3.05) is 19.7 Å². The van der Waals surface area contributed by atoms with Gasteiger partial charge in [0, 0.05) is 13.1 Å². The smallest absolute Gasteiger partial charge is 0.308 e. The molecule has 1 rings (SSSR count). The highest BCUT2D eigenvalue weighted by molar-refractivity contribution is 5.69. The van der Waals surface area contributed by atoms with E-state index in [1.54, 1.807) is 6.92 Å². The van der Waals surface area contributed by atoms with E-state index in [-0.39, 0.29) is 12.4 Å². The molecular formula is C13H25NO4. The Morgan fingerprint density at radius 1 is 1.39 bits per heavy atom. The normalized spacial score (nSPS) is 20.4. The van der Waals surface area contributed by atoms with Crippen LogP contribution < -0.4 is 5.32 Å². The van der Waals surface area contributed by atoms with Gasteiger partial charge in [0.2, 0.25) is 0 Å². The fourth-order valence-electron chi connectivity index (χ4n) is 2.34. The molecule has 0 aliphatic heterocycles. The quantitative estimate of drug-likeness (QED) is 0.583. The van der Waals surface area contributed by atoms with Crippen LogP contribution in [0.2, 0.25) is 0 Å². The molecule has 1 saturated carbocycles. The van der Waals surface area contributed by atoms with Crippen molar-refractivity contribution in [3.05, 3.63) is 0 Å². The van der Waals surface area contributed by atoms with Crippen LogP contribution in [-0.2, 0) is 9.53 Å². The van der Waals surface area contributed by atoms with Gasteiger partial charge in [-0.3, -0.25) is 4.79 Å². The maximum atomic E-state index is 11.1. The maximum Gasteiger partial charge on any atom is 0.308 e. The third kappa shape index (κ3) is 5.80. The van der Waals surface area contributed by atoms with Crippen molar-refractivity contribution in [3.63, 3.8) is 0 Å². The van der Waals surface area contributed by atoms with E-state index in [1.165, 1.54) is 6.42 Å². The molecule has 0 aromatic heterocycles. The number of carbonyl (C=O) groups excluding carboxylic acids is 1. The number of nitrogens with one attached hydrogen (secondary N) is 1. The molecule has 0 radical (unpaired) electrons. The zero-order chi connectivity index (χ0) is 13.4. The molecule has 1 aliphatic rings. The Morgan fingerprint density at radius 2 is 2.06 bits per heavy atom. The summed E-state index contributed by atoms with van der Waals surface area (Å²) in [6.07, 6.45) is 4.18. The number of carbonyl (C=O) groups is 1. The van der Waals surface area contributed by atoms with Gasteiger partial charge >= 0.3 is 5.97 Å². The summed E-state index contributed by atoms with van der Waals surface area (Å²) in [5, 5.41) is 22.9. The van der Waals surface area contributed by atoms with Crippen LogP contribution in [0.4, 0.5) is 0 Å². The lowest BCUT2D eigenvalue weighted by Gasteiger charge is -2.32. The summed E-state index contributed by atoms with van der Waals surface area (Å²) in [5.74, 6) is -0.386. The van der Waals surface area contributed by atoms with E-state index in [1.807, 2.05) is 0 Å². The van der Waals surface area contributed by atoms with Gasteiger partial charge in [-0.05, 0) is 19.8 Å². The lowest BCUT2D eigenvalue weighted by atomic mass is 9.85. The van der Waals surface area contributed by atoms with Crippen molar-refractivity contribution < 1.29 is 19.7 Å². The number of ether oxygens (including phenoxy) is 1. The molecule has 0 aromatic rings. The fourth-order valence-corrected chi connectivity index (χ4v) is 2.34. The Labute approximate surface area is 109 Å². The molecule has 1 unspecified atom stereocenters. The summed E-state index contributed by atoms with van der Waals surface area (Å²) in [6, 6.07) is 0. The molecule has 3 N–H and O–H groups in total. The second-order valence-corrected chi connectivity index (χ2v) is 5.08. The van der Waals surface area contributed by atoms with Gasteiger partial charge in [0.15, 0.2) is 0 Å². The highest BCUT2D eigenvalue weighted by atomic mass is 16.5. The van der Waals surface area contributed by atoms with Crippen molar-refractivity contribution in [2.45, 2.75) is 57.2 Å². The molecule has 106 valence electrons. The highest BCUT2D eigenvalue weighted by Gasteiger charge is 2.28. The van der Waals surface area contributed by atoms with Crippen LogP contribution in [0.15, 0.2) is 0 Å². The van der Waals surface area contributed by atoms with Gasteiger partial charge in [0.05, 0.1) is 24.7 Å². The van der Waals surface area contributed by atoms with Crippen LogP contribution in [0.1, 0.15) is 45.4 Å². The Morgan fingerprint density at radius 3 is 2.67 bits per heavy atom. The Hall–Kier alpha value is -0.650. The van der Waals surface area contributed by atoms with Crippen LogP contribution in [0, 0.1) is 0 Å². The minimum Gasteiger partial charge on any atom is -0.466 e. The van der Waals surface area contributed by atoms with Gasteiger partial charge in [-0.2, -0.15) is 0 Å². The Bertz CT molecular complexity index is 251. The van der Waals surface area contributed by atoms with E-state index in [0.717, 1.165) is 25.7 Å². The average Bonchev–Trinajstić information content (AvgIpc) is 2.29. The predicted octanol–water partition coefficient (Wildman–Crippen LogP) is 0.585. The molecule has 0 spiro atoms. The van der Waals surface area contributed by atoms with Gasteiger partial charge in [-0.25, -0.2) is 0 Å². The molecular weight excluding hydrogens is 234 g/mol. The van der Waals surface area contributed by atoms with E-state index in [2.05, 4.69) is 5.32 Å². The number of aliphatic hydroxyl groups excluding tert-OH is 1. The number of hydrogen-bond donors (Lipinski definition) is 3. The number of rotatable bonds is 7. The highest BCUT2D eigenvalue weighted by Crippen LogP contribution is 2.27. The van der Waals surface area contributed by atoms with Crippen LogP contribution in [-0.4, -0.2) is 47.6 Å². The third-order valence-electron chi connectivity index (χ3n) is 3.33. The first-order valence-electron chi connectivity index (χ1n) is 6.82. The molecule has 0 saturated heterocycles. The summed E-state index contributed by atoms with van der Waals surface area (Å²) >= 11 is 0. The molecule has 5 heteroatoms. The SMILES string of the molecule is CCOC(=O)CC(O)CNCC1(O)CCCCC1. The largest absolute Gasteiger partial charge is 0.466 e. The fraction of sp³-hybridized carbons (Fsp3) is 0.923. The summed E-state index contributed by atoms with van der Waals surface area (Å²) < 4.78 is 4.75. The van der Waals surface area contributed by atoms with Crippen molar-refractivity contribution in [1.82, 2.24) is 5.32 Å². The van der Waals surface area contributed by atoms with Crippen LogP contribution in [0.5, 0.6) is 0 Å². The summed E-state index contributed by atoms with van der Waals surface area (Å²) in [6.45, 7) is 2.86. The number of hydrogen-bond acceptors (Lipinski definition) is 5. The van der Waals surface area contributed by atoms with Crippen LogP contribution in [0.3, 0.4) is 0 Å². The predicted molar refractivity (Wildman–Crippen MR) is 68.2 cm³/mol. The van der Waals surface area contributed by atoms with Crippen molar-refractivity contribution >= 4 is 5.97 Å². The molecule has 0 bridgehead atoms. The van der Waals surface area contributed by atoms with Crippen molar-refractivity contribution in [1.29, 1.82) is 0 Å². The standard InChI is InChI=1S/C13H25NO4/c1-2-18-12(16)8-11(15)9-14-10-13(17)6-4-3-5-7-13/h11,14-15,17H,2-10H2,1H3. The maximum absolute atomic E-state index is 11.1. The molecule has 0 amide bonds. The molecule has 1 aliphatic carbocycles.